The van der Waals surface area contributed by atoms with Gasteiger partial charge in [0.25, 0.3) is 5.91 Å². The Morgan fingerprint density at radius 2 is 2.12 bits per heavy atom. The smallest absolute Gasteiger partial charge is 0.257 e. The number of fused-ring (bicyclic) bond motifs is 1. The number of aromatic amines is 1. The van der Waals surface area contributed by atoms with Gasteiger partial charge in [0.1, 0.15) is 0 Å². The fraction of sp³-hybridized carbons (Fsp3) is 0.750. The molecule has 24 heavy (non-hydrogen) atoms. The second-order valence-corrected chi connectivity index (χ2v) is 8.79. The van der Waals surface area contributed by atoms with E-state index in [4.69, 9.17) is 0 Å². The number of carbonyl (C=O) groups excluding carboxylic acids is 1. The first-order chi connectivity index (χ1) is 11.4. The summed E-state index contributed by atoms with van der Waals surface area (Å²) >= 11 is 0. The third kappa shape index (κ3) is 3.35. The van der Waals surface area contributed by atoms with Gasteiger partial charge in [-0.25, -0.2) is 8.42 Å². The van der Waals surface area contributed by atoms with Gasteiger partial charge in [0.15, 0.2) is 0 Å². The lowest BCUT2D eigenvalue weighted by molar-refractivity contribution is 0.0575. The summed E-state index contributed by atoms with van der Waals surface area (Å²) in [6.07, 6.45) is 7.24. The molecule has 2 atom stereocenters. The molecule has 0 spiro atoms. The highest BCUT2D eigenvalue weighted by Crippen LogP contribution is 2.32. The van der Waals surface area contributed by atoms with Crippen molar-refractivity contribution >= 4 is 15.9 Å². The maximum absolute atomic E-state index is 12.8. The van der Waals surface area contributed by atoms with Crippen molar-refractivity contribution in [1.29, 1.82) is 0 Å². The second-order valence-electron chi connectivity index (χ2n) is 6.85. The highest BCUT2D eigenvalue weighted by Gasteiger charge is 2.39. The molecule has 2 saturated heterocycles. The first-order valence-corrected chi connectivity index (χ1v) is 10.5. The Hall–Kier alpha value is -1.41. The monoisotopic (exact) mass is 354 g/mol. The fourth-order valence-electron chi connectivity index (χ4n) is 4.06. The minimum Gasteiger partial charge on any atom is -0.338 e. The van der Waals surface area contributed by atoms with E-state index in [0.29, 0.717) is 31.6 Å². The van der Waals surface area contributed by atoms with E-state index in [1.165, 1.54) is 6.26 Å². The van der Waals surface area contributed by atoms with Crippen LogP contribution in [-0.2, 0) is 16.4 Å². The van der Waals surface area contributed by atoms with Gasteiger partial charge < -0.3 is 4.90 Å². The molecule has 7 nitrogen and oxygen atoms in total. The minimum atomic E-state index is -3.20. The number of nitrogens with zero attached hydrogens (tertiary/aromatic N) is 3. The number of sulfonamides is 1. The predicted molar refractivity (Wildman–Crippen MR) is 91.2 cm³/mol. The molecule has 2 aliphatic heterocycles. The standard InChI is InChI=1S/C16H26N4O3S/c1-3-14-13(10-17-18-14)16(21)19-9-7-15-12(11-19)6-4-5-8-20(15)24(2,22)23/h10,12,15H,3-9,11H2,1-2H3,(H,17,18)/t12-,15+/m0/s1. The zero-order valence-electron chi connectivity index (χ0n) is 14.4. The molecule has 0 bridgehead atoms. The van der Waals surface area contributed by atoms with Gasteiger partial charge in [-0.15, -0.1) is 0 Å². The molecule has 0 aromatic carbocycles. The molecule has 1 aromatic heterocycles. The summed E-state index contributed by atoms with van der Waals surface area (Å²) in [5.41, 5.74) is 1.50. The normalized spacial score (nSPS) is 26.0. The molecular weight excluding hydrogens is 328 g/mol. The molecular formula is C16H26N4O3S. The summed E-state index contributed by atoms with van der Waals surface area (Å²) in [5.74, 6) is 0.228. The Morgan fingerprint density at radius 3 is 2.83 bits per heavy atom. The first kappa shape index (κ1) is 17.4. The Bertz CT molecular complexity index is 700. The second kappa shape index (κ2) is 6.84. The summed E-state index contributed by atoms with van der Waals surface area (Å²) in [6.45, 7) is 3.83. The van der Waals surface area contributed by atoms with Crippen LogP contribution in [0.2, 0.25) is 0 Å². The van der Waals surface area contributed by atoms with Crippen molar-refractivity contribution in [1.82, 2.24) is 19.4 Å². The van der Waals surface area contributed by atoms with Gasteiger partial charge >= 0.3 is 0 Å². The van der Waals surface area contributed by atoms with E-state index in [2.05, 4.69) is 10.2 Å². The van der Waals surface area contributed by atoms with Gasteiger partial charge in [-0.3, -0.25) is 9.89 Å². The van der Waals surface area contributed by atoms with Crippen molar-refractivity contribution in [3.8, 4) is 0 Å². The van der Waals surface area contributed by atoms with Crippen molar-refractivity contribution in [2.75, 3.05) is 25.9 Å². The highest BCUT2D eigenvalue weighted by molar-refractivity contribution is 7.88. The van der Waals surface area contributed by atoms with E-state index in [1.54, 1.807) is 10.5 Å². The molecule has 2 fully saturated rings. The van der Waals surface area contributed by atoms with Crippen molar-refractivity contribution in [3.05, 3.63) is 17.5 Å². The van der Waals surface area contributed by atoms with Crippen molar-refractivity contribution in [2.24, 2.45) is 5.92 Å². The van der Waals surface area contributed by atoms with E-state index in [0.717, 1.165) is 31.4 Å². The summed E-state index contributed by atoms with van der Waals surface area (Å²) in [5, 5.41) is 6.87. The van der Waals surface area contributed by atoms with Gasteiger partial charge in [0.2, 0.25) is 10.0 Å². The van der Waals surface area contributed by atoms with E-state index in [-0.39, 0.29) is 17.9 Å². The van der Waals surface area contributed by atoms with Crippen LogP contribution in [-0.4, -0.2) is 65.7 Å². The van der Waals surface area contributed by atoms with Gasteiger partial charge in [-0.05, 0) is 31.6 Å². The fourth-order valence-corrected chi connectivity index (χ4v) is 5.29. The molecule has 3 rings (SSSR count). The van der Waals surface area contributed by atoms with Crippen LogP contribution >= 0.6 is 0 Å². The molecule has 1 N–H and O–H groups in total. The quantitative estimate of drug-likeness (QED) is 0.885. The van der Waals surface area contributed by atoms with Crippen LogP contribution < -0.4 is 0 Å². The molecule has 0 unspecified atom stereocenters. The van der Waals surface area contributed by atoms with Crippen molar-refractivity contribution < 1.29 is 13.2 Å². The molecule has 1 aromatic rings. The molecule has 134 valence electrons. The summed E-state index contributed by atoms with van der Waals surface area (Å²) in [4.78, 5) is 14.7. The molecule has 3 heterocycles. The van der Waals surface area contributed by atoms with Gasteiger partial charge in [-0.2, -0.15) is 9.40 Å². The Morgan fingerprint density at radius 1 is 1.33 bits per heavy atom. The molecule has 0 radical (unpaired) electrons. The number of carbonyl (C=O) groups is 1. The van der Waals surface area contributed by atoms with Crippen molar-refractivity contribution in [2.45, 2.75) is 45.1 Å². The first-order valence-electron chi connectivity index (χ1n) is 8.70. The third-order valence-electron chi connectivity index (χ3n) is 5.28. The van der Waals surface area contributed by atoms with Gasteiger partial charge in [-0.1, -0.05) is 13.3 Å². The lowest BCUT2D eigenvalue weighted by Crippen LogP contribution is -2.53. The van der Waals surface area contributed by atoms with E-state index < -0.39 is 10.0 Å². The molecule has 0 saturated carbocycles. The molecule has 1 amide bonds. The number of hydrogen-bond donors (Lipinski definition) is 1. The van der Waals surface area contributed by atoms with Crippen LogP contribution in [0.5, 0.6) is 0 Å². The number of aryl methyl sites for hydroxylation is 1. The minimum absolute atomic E-state index is 0.00852. The lowest BCUT2D eigenvalue weighted by atomic mass is 9.89. The SMILES string of the molecule is CCc1[nH]ncc1C(=O)N1CC[C@@H]2[C@@H](CCCCN2S(C)(=O)=O)C1. The molecule has 2 aliphatic rings. The van der Waals surface area contributed by atoms with Gasteiger partial charge in [0.05, 0.1) is 18.0 Å². The zero-order chi connectivity index (χ0) is 17.3. The van der Waals surface area contributed by atoms with Crippen molar-refractivity contribution in [3.63, 3.8) is 0 Å². The number of likely N-dealkylation sites (tertiary alicyclic amines) is 1. The van der Waals surface area contributed by atoms with Crippen LogP contribution in [0.3, 0.4) is 0 Å². The Labute approximate surface area is 143 Å². The predicted octanol–water partition coefficient (Wildman–Crippen LogP) is 1.25. The van der Waals surface area contributed by atoms with Crippen LogP contribution in [0.25, 0.3) is 0 Å². The van der Waals surface area contributed by atoms with E-state index in [9.17, 15) is 13.2 Å². The molecule has 0 aliphatic carbocycles. The topological polar surface area (TPSA) is 86.4 Å². The number of rotatable bonds is 3. The summed E-state index contributed by atoms with van der Waals surface area (Å²) < 4.78 is 25.9. The number of nitrogens with one attached hydrogen (secondary N) is 1. The molecule has 8 heteroatoms. The van der Waals surface area contributed by atoms with Crippen LogP contribution in [0.4, 0.5) is 0 Å². The average Bonchev–Trinajstić information content (AvgIpc) is 2.91. The van der Waals surface area contributed by atoms with Crippen LogP contribution in [0, 0.1) is 5.92 Å². The Balaban J connectivity index is 1.77. The number of amides is 1. The summed E-state index contributed by atoms with van der Waals surface area (Å²) in [6, 6.07) is 0.0292. The number of aromatic nitrogens is 2. The van der Waals surface area contributed by atoms with Crippen LogP contribution in [0.15, 0.2) is 6.20 Å². The average molecular weight is 354 g/mol. The number of hydrogen-bond acceptors (Lipinski definition) is 4. The van der Waals surface area contributed by atoms with Crippen LogP contribution in [0.1, 0.15) is 48.7 Å². The number of H-pyrrole nitrogens is 1. The summed E-state index contributed by atoms with van der Waals surface area (Å²) in [7, 11) is -3.20. The maximum atomic E-state index is 12.8. The number of piperidine rings is 1. The highest BCUT2D eigenvalue weighted by atomic mass is 32.2. The van der Waals surface area contributed by atoms with Gasteiger partial charge in [0, 0.05) is 31.4 Å². The lowest BCUT2D eigenvalue weighted by Gasteiger charge is -2.41. The zero-order valence-corrected chi connectivity index (χ0v) is 15.2. The maximum Gasteiger partial charge on any atom is 0.257 e. The van der Waals surface area contributed by atoms with E-state index >= 15 is 0 Å². The largest absolute Gasteiger partial charge is 0.338 e. The Kier molecular flexibility index (Phi) is 4.96. The third-order valence-corrected chi connectivity index (χ3v) is 6.59. The van der Waals surface area contributed by atoms with E-state index in [1.807, 2.05) is 11.8 Å².